The van der Waals surface area contributed by atoms with Crippen LogP contribution in [-0.2, 0) is 4.79 Å². The molecule has 1 saturated heterocycles. The Hall–Kier alpha value is -1.06. The van der Waals surface area contributed by atoms with E-state index in [0.29, 0.717) is 6.54 Å². The third-order valence-electron chi connectivity index (χ3n) is 4.06. The topological polar surface area (TPSA) is 32.3 Å². The fourth-order valence-electron chi connectivity index (χ4n) is 2.72. The van der Waals surface area contributed by atoms with Gasteiger partial charge in [-0.1, -0.05) is 30.7 Å². The first-order valence-corrected chi connectivity index (χ1v) is 7.68. The van der Waals surface area contributed by atoms with Gasteiger partial charge in [0.15, 0.2) is 0 Å². The van der Waals surface area contributed by atoms with Crippen molar-refractivity contribution in [1.29, 1.82) is 0 Å². The van der Waals surface area contributed by atoms with Crippen LogP contribution in [-0.4, -0.2) is 30.4 Å². The molecule has 0 saturated carbocycles. The number of halogens is 1. The molecule has 3 nitrogen and oxygen atoms in total. The third kappa shape index (κ3) is 4.22. The largest absolute Gasteiger partial charge is 0.354 e. The summed E-state index contributed by atoms with van der Waals surface area (Å²) in [5.74, 6) is 0.826. The average molecular weight is 295 g/mol. The Morgan fingerprint density at radius 2 is 1.95 bits per heavy atom. The Morgan fingerprint density at radius 3 is 2.50 bits per heavy atom. The van der Waals surface area contributed by atoms with Crippen molar-refractivity contribution in [3.8, 4) is 0 Å². The zero-order valence-corrected chi connectivity index (χ0v) is 13.0. The number of piperidine rings is 1. The van der Waals surface area contributed by atoms with Gasteiger partial charge in [0.25, 0.3) is 0 Å². The number of hydrogen-bond donors (Lipinski definition) is 1. The number of benzene rings is 1. The molecule has 1 N–H and O–H groups in total. The molecule has 1 aliphatic heterocycles. The van der Waals surface area contributed by atoms with Crippen LogP contribution >= 0.6 is 11.6 Å². The van der Waals surface area contributed by atoms with Gasteiger partial charge in [-0.3, -0.25) is 9.69 Å². The molecule has 1 atom stereocenters. The fourth-order valence-corrected chi connectivity index (χ4v) is 2.85. The maximum atomic E-state index is 11.2. The lowest BCUT2D eigenvalue weighted by molar-refractivity contribution is -0.119. The molecule has 1 unspecified atom stereocenters. The van der Waals surface area contributed by atoms with Gasteiger partial charge < -0.3 is 5.32 Å². The molecule has 110 valence electrons. The maximum Gasteiger partial charge on any atom is 0.216 e. The number of amides is 1. The number of carbonyl (C=O) groups is 1. The summed E-state index contributed by atoms with van der Waals surface area (Å²) in [6.07, 6.45) is 2.45. The first kappa shape index (κ1) is 15.3. The molecule has 1 aromatic rings. The zero-order valence-electron chi connectivity index (χ0n) is 12.2. The van der Waals surface area contributed by atoms with Crippen LogP contribution in [0.25, 0.3) is 0 Å². The molecular formula is C16H23ClN2O. The molecule has 1 amide bonds. The molecule has 1 aliphatic rings. The van der Waals surface area contributed by atoms with Gasteiger partial charge in [0.05, 0.1) is 6.04 Å². The highest BCUT2D eigenvalue weighted by Crippen LogP contribution is 2.27. The van der Waals surface area contributed by atoms with Crippen molar-refractivity contribution in [3.63, 3.8) is 0 Å². The molecule has 0 spiro atoms. The smallest absolute Gasteiger partial charge is 0.216 e. The van der Waals surface area contributed by atoms with Crippen LogP contribution in [0.1, 0.15) is 38.3 Å². The van der Waals surface area contributed by atoms with Crippen LogP contribution < -0.4 is 5.32 Å². The lowest BCUT2D eigenvalue weighted by Crippen LogP contribution is -2.41. The first-order valence-electron chi connectivity index (χ1n) is 7.30. The molecule has 0 aromatic heterocycles. The summed E-state index contributed by atoms with van der Waals surface area (Å²) in [4.78, 5) is 13.7. The average Bonchev–Trinajstić information content (AvgIpc) is 2.42. The Balaban J connectivity index is 2.11. The fraction of sp³-hybridized carbons (Fsp3) is 0.562. The van der Waals surface area contributed by atoms with Gasteiger partial charge >= 0.3 is 0 Å². The van der Waals surface area contributed by atoms with Crippen LogP contribution in [0.15, 0.2) is 24.3 Å². The highest BCUT2D eigenvalue weighted by Gasteiger charge is 2.24. The highest BCUT2D eigenvalue weighted by molar-refractivity contribution is 6.30. The molecule has 2 rings (SSSR count). The van der Waals surface area contributed by atoms with Gasteiger partial charge in [0.2, 0.25) is 5.91 Å². The zero-order chi connectivity index (χ0) is 14.5. The molecule has 1 aromatic carbocycles. The summed E-state index contributed by atoms with van der Waals surface area (Å²) < 4.78 is 0. The van der Waals surface area contributed by atoms with Crippen LogP contribution in [0, 0.1) is 5.92 Å². The summed E-state index contributed by atoms with van der Waals surface area (Å²) in [5.41, 5.74) is 1.22. The number of nitrogens with zero attached hydrogens (tertiary/aromatic N) is 1. The number of rotatable bonds is 4. The molecule has 20 heavy (non-hydrogen) atoms. The summed E-state index contributed by atoms with van der Waals surface area (Å²) in [5, 5.41) is 3.70. The summed E-state index contributed by atoms with van der Waals surface area (Å²) in [7, 11) is 0. The minimum Gasteiger partial charge on any atom is -0.354 e. The van der Waals surface area contributed by atoms with E-state index in [1.165, 1.54) is 18.4 Å². The van der Waals surface area contributed by atoms with Crippen LogP contribution in [0.3, 0.4) is 0 Å². The monoisotopic (exact) mass is 294 g/mol. The maximum absolute atomic E-state index is 11.2. The summed E-state index contributed by atoms with van der Waals surface area (Å²) in [6.45, 7) is 6.72. The Morgan fingerprint density at radius 1 is 1.35 bits per heavy atom. The van der Waals surface area contributed by atoms with E-state index in [1.54, 1.807) is 6.92 Å². The predicted molar refractivity (Wildman–Crippen MR) is 82.8 cm³/mol. The second-order valence-electron chi connectivity index (χ2n) is 5.72. The molecule has 0 bridgehead atoms. The molecular weight excluding hydrogens is 272 g/mol. The highest BCUT2D eigenvalue weighted by atomic mass is 35.5. The lowest BCUT2D eigenvalue weighted by atomic mass is 9.95. The third-order valence-corrected chi connectivity index (χ3v) is 4.31. The van der Waals surface area contributed by atoms with Crippen molar-refractivity contribution < 1.29 is 4.79 Å². The molecule has 1 fully saturated rings. The van der Waals surface area contributed by atoms with Crippen molar-refractivity contribution in [2.75, 3.05) is 19.6 Å². The van der Waals surface area contributed by atoms with E-state index in [9.17, 15) is 4.79 Å². The van der Waals surface area contributed by atoms with Gasteiger partial charge in [-0.15, -0.1) is 0 Å². The number of nitrogens with one attached hydrogen (secondary N) is 1. The second kappa shape index (κ2) is 7.09. The number of likely N-dealkylation sites (tertiary alicyclic amines) is 1. The molecule has 1 heterocycles. The van der Waals surface area contributed by atoms with Crippen molar-refractivity contribution in [1.82, 2.24) is 10.2 Å². The van der Waals surface area contributed by atoms with Crippen LogP contribution in [0.5, 0.6) is 0 Å². The van der Waals surface area contributed by atoms with Crippen molar-refractivity contribution >= 4 is 17.5 Å². The van der Waals surface area contributed by atoms with Gasteiger partial charge in [-0.25, -0.2) is 0 Å². The van der Waals surface area contributed by atoms with Crippen molar-refractivity contribution in [2.45, 2.75) is 32.7 Å². The molecule has 4 heteroatoms. The van der Waals surface area contributed by atoms with Gasteiger partial charge in [0, 0.05) is 18.5 Å². The van der Waals surface area contributed by atoms with Gasteiger partial charge in [0.1, 0.15) is 0 Å². The van der Waals surface area contributed by atoms with Crippen molar-refractivity contribution in [2.24, 2.45) is 5.92 Å². The minimum absolute atomic E-state index is 0.0225. The van der Waals surface area contributed by atoms with E-state index in [0.717, 1.165) is 24.0 Å². The Bertz CT molecular complexity index is 438. The summed E-state index contributed by atoms with van der Waals surface area (Å²) in [6, 6.07) is 8.21. The SMILES string of the molecule is CC(=O)NCC(c1ccc(Cl)cc1)N1CCC(C)CC1. The van der Waals surface area contributed by atoms with E-state index < -0.39 is 0 Å². The Kier molecular flexibility index (Phi) is 5.44. The normalized spacial score (nSPS) is 18.8. The Labute approximate surface area is 126 Å². The van der Waals surface area contributed by atoms with E-state index in [2.05, 4.69) is 29.3 Å². The van der Waals surface area contributed by atoms with E-state index in [4.69, 9.17) is 11.6 Å². The first-order chi connectivity index (χ1) is 9.56. The number of hydrogen-bond acceptors (Lipinski definition) is 2. The van der Waals surface area contributed by atoms with Gasteiger partial charge in [-0.2, -0.15) is 0 Å². The molecule has 0 aliphatic carbocycles. The van der Waals surface area contributed by atoms with Gasteiger partial charge in [-0.05, 0) is 49.5 Å². The predicted octanol–water partition coefficient (Wildman–Crippen LogP) is 3.25. The quantitative estimate of drug-likeness (QED) is 0.924. The lowest BCUT2D eigenvalue weighted by Gasteiger charge is -2.37. The van der Waals surface area contributed by atoms with Crippen LogP contribution in [0.4, 0.5) is 0 Å². The van der Waals surface area contributed by atoms with E-state index in [-0.39, 0.29) is 11.9 Å². The van der Waals surface area contributed by atoms with E-state index >= 15 is 0 Å². The van der Waals surface area contributed by atoms with E-state index in [1.807, 2.05) is 12.1 Å². The second-order valence-corrected chi connectivity index (χ2v) is 6.16. The number of carbonyl (C=O) groups excluding carboxylic acids is 1. The summed E-state index contributed by atoms with van der Waals surface area (Å²) >= 11 is 5.97. The van der Waals surface area contributed by atoms with Crippen molar-refractivity contribution in [3.05, 3.63) is 34.9 Å². The van der Waals surface area contributed by atoms with Crippen LogP contribution in [0.2, 0.25) is 5.02 Å². The molecule has 0 radical (unpaired) electrons. The standard InChI is InChI=1S/C16H23ClN2O/c1-12-7-9-19(10-8-12)16(11-18-13(2)20)14-3-5-15(17)6-4-14/h3-6,12,16H,7-11H2,1-2H3,(H,18,20). The minimum atomic E-state index is 0.0225.